The molecule has 118 valence electrons. The number of fused-ring (bicyclic) bond motifs is 1. The summed E-state index contributed by atoms with van der Waals surface area (Å²) in [6.07, 6.45) is 2.62. The Bertz CT molecular complexity index is 846. The van der Waals surface area contributed by atoms with Gasteiger partial charge in [0.1, 0.15) is 12.1 Å². The molecule has 1 heterocycles. The molecule has 2 nitrogen and oxygen atoms in total. The van der Waals surface area contributed by atoms with Crippen LogP contribution in [-0.4, -0.2) is 9.97 Å². The maximum Gasteiger partial charge on any atom is 0.129 e. The van der Waals surface area contributed by atoms with E-state index in [1.807, 2.05) is 12.1 Å². The minimum absolute atomic E-state index is 0.147. The topological polar surface area (TPSA) is 25.8 Å². The third-order valence-corrected chi connectivity index (χ3v) is 4.05. The summed E-state index contributed by atoms with van der Waals surface area (Å²) >= 11 is 0. The van der Waals surface area contributed by atoms with Gasteiger partial charge < -0.3 is 0 Å². The molecule has 2 aromatic carbocycles. The first-order valence-corrected chi connectivity index (χ1v) is 7.96. The fourth-order valence-corrected chi connectivity index (χ4v) is 3.01. The van der Waals surface area contributed by atoms with Gasteiger partial charge in [-0.1, -0.05) is 26.0 Å². The SMILES string of the molecule is Cc1cc(-c2ncnc3cc(CC(C)C)ccc23)cc(C)c1F. The number of halogens is 1. The molecule has 0 spiro atoms. The maximum atomic E-state index is 13.9. The number of rotatable bonds is 3. The van der Waals surface area contributed by atoms with Crippen molar-refractivity contribution in [3.8, 4) is 11.3 Å². The standard InChI is InChI=1S/C20H21FN2/c1-12(2)7-15-5-6-17-18(10-15)22-11-23-20(17)16-8-13(3)19(21)14(4)9-16/h5-6,8-12H,7H2,1-4H3. The molecular weight excluding hydrogens is 287 g/mol. The van der Waals surface area contributed by atoms with Crippen molar-refractivity contribution in [2.24, 2.45) is 5.92 Å². The third-order valence-electron chi connectivity index (χ3n) is 4.05. The Kier molecular flexibility index (Phi) is 4.12. The molecule has 23 heavy (non-hydrogen) atoms. The predicted octanol–water partition coefficient (Wildman–Crippen LogP) is 5.25. The van der Waals surface area contributed by atoms with Crippen LogP contribution in [0.1, 0.15) is 30.5 Å². The Morgan fingerprint density at radius 1 is 1.00 bits per heavy atom. The second kappa shape index (κ2) is 6.07. The lowest BCUT2D eigenvalue weighted by Crippen LogP contribution is -1.96. The zero-order chi connectivity index (χ0) is 16.6. The largest absolute Gasteiger partial charge is 0.236 e. The average Bonchev–Trinajstić information content (AvgIpc) is 2.50. The summed E-state index contributed by atoms with van der Waals surface area (Å²) in [6.45, 7) is 7.99. The first-order valence-electron chi connectivity index (χ1n) is 7.96. The van der Waals surface area contributed by atoms with Crippen LogP contribution in [0.5, 0.6) is 0 Å². The van der Waals surface area contributed by atoms with Gasteiger partial charge in [0.15, 0.2) is 0 Å². The van der Waals surface area contributed by atoms with E-state index in [0.717, 1.165) is 28.6 Å². The molecule has 0 fully saturated rings. The normalized spacial score (nSPS) is 11.4. The Morgan fingerprint density at radius 3 is 2.35 bits per heavy atom. The van der Waals surface area contributed by atoms with Crippen LogP contribution in [0, 0.1) is 25.6 Å². The molecule has 0 unspecified atom stereocenters. The predicted molar refractivity (Wildman–Crippen MR) is 92.9 cm³/mol. The van der Waals surface area contributed by atoms with Crippen LogP contribution in [0.3, 0.4) is 0 Å². The highest BCUT2D eigenvalue weighted by molar-refractivity contribution is 5.92. The molecule has 0 saturated carbocycles. The summed E-state index contributed by atoms with van der Waals surface area (Å²) in [5, 5.41) is 1.01. The lowest BCUT2D eigenvalue weighted by atomic mass is 9.98. The van der Waals surface area contributed by atoms with Crippen LogP contribution < -0.4 is 0 Å². The first-order chi connectivity index (χ1) is 11.0. The van der Waals surface area contributed by atoms with Gasteiger partial charge in [0.2, 0.25) is 0 Å². The summed E-state index contributed by atoms with van der Waals surface area (Å²) in [7, 11) is 0. The van der Waals surface area contributed by atoms with Gasteiger partial charge in [0, 0.05) is 10.9 Å². The highest BCUT2D eigenvalue weighted by Crippen LogP contribution is 2.29. The molecular formula is C20H21FN2. The van der Waals surface area contributed by atoms with Crippen molar-refractivity contribution in [2.75, 3.05) is 0 Å². The summed E-state index contributed by atoms with van der Waals surface area (Å²) in [5.41, 5.74) is 5.30. The van der Waals surface area contributed by atoms with Crippen molar-refractivity contribution >= 4 is 10.9 Å². The molecule has 3 aromatic rings. The van der Waals surface area contributed by atoms with Crippen molar-refractivity contribution < 1.29 is 4.39 Å². The van der Waals surface area contributed by atoms with Crippen LogP contribution in [-0.2, 0) is 6.42 Å². The van der Waals surface area contributed by atoms with E-state index in [1.165, 1.54) is 5.56 Å². The van der Waals surface area contributed by atoms with Crippen LogP contribution in [0.4, 0.5) is 4.39 Å². The van der Waals surface area contributed by atoms with Crippen molar-refractivity contribution in [1.29, 1.82) is 0 Å². The highest BCUT2D eigenvalue weighted by atomic mass is 19.1. The van der Waals surface area contributed by atoms with Crippen LogP contribution in [0.15, 0.2) is 36.7 Å². The lowest BCUT2D eigenvalue weighted by molar-refractivity contribution is 0.609. The zero-order valence-corrected chi connectivity index (χ0v) is 14.0. The molecule has 3 heteroatoms. The van der Waals surface area contributed by atoms with E-state index in [-0.39, 0.29) is 5.82 Å². The molecule has 3 rings (SSSR count). The second-order valence-electron chi connectivity index (χ2n) is 6.60. The molecule has 0 bridgehead atoms. The number of hydrogen-bond acceptors (Lipinski definition) is 2. The van der Waals surface area contributed by atoms with Crippen molar-refractivity contribution in [3.63, 3.8) is 0 Å². The minimum atomic E-state index is -0.147. The molecule has 0 amide bonds. The van der Waals surface area contributed by atoms with E-state index in [0.29, 0.717) is 17.0 Å². The van der Waals surface area contributed by atoms with E-state index < -0.39 is 0 Å². The maximum absolute atomic E-state index is 13.9. The van der Waals surface area contributed by atoms with Crippen LogP contribution in [0.25, 0.3) is 22.2 Å². The average molecular weight is 308 g/mol. The Morgan fingerprint density at radius 2 is 1.70 bits per heavy atom. The van der Waals surface area contributed by atoms with Gasteiger partial charge in [-0.05, 0) is 61.1 Å². The quantitative estimate of drug-likeness (QED) is 0.660. The molecule has 0 radical (unpaired) electrons. The Hall–Kier alpha value is -2.29. The van der Waals surface area contributed by atoms with Gasteiger partial charge >= 0.3 is 0 Å². The molecule has 0 saturated heterocycles. The number of benzene rings is 2. The molecule has 0 aliphatic carbocycles. The third kappa shape index (κ3) is 3.09. The van der Waals surface area contributed by atoms with Crippen molar-refractivity contribution in [2.45, 2.75) is 34.1 Å². The smallest absolute Gasteiger partial charge is 0.129 e. The van der Waals surface area contributed by atoms with E-state index in [4.69, 9.17) is 0 Å². The summed E-state index contributed by atoms with van der Waals surface area (Å²) in [4.78, 5) is 8.86. The molecule has 0 aliphatic heterocycles. The Balaban J connectivity index is 2.15. The van der Waals surface area contributed by atoms with Crippen LogP contribution >= 0.6 is 0 Å². The Labute approximate surface area is 136 Å². The van der Waals surface area contributed by atoms with Gasteiger partial charge in [-0.25, -0.2) is 14.4 Å². The summed E-state index contributed by atoms with van der Waals surface area (Å²) < 4.78 is 13.9. The molecule has 0 N–H and O–H groups in total. The van der Waals surface area contributed by atoms with Crippen molar-refractivity contribution in [3.05, 3.63) is 59.2 Å². The molecule has 0 atom stereocenters. The van der Waals surface area contributed by atoms with E-state index >= 15 is 0 Å². The van der Waals surface area contributed by atoms with E-state index in [1.54, 1.807) is 20.2 Å². The first kappa shape index (κ1) is 15.6. The lowest BCUT2D eigenvalue weighted by Gasteiger charge is -2.10. The van der Waals surface area contributed by atoms with E-state index in [2.05, 4.69) is 42.0 Å². The number of aryl methyl sites for hydroxylation is 2. The van der Waals surface area contributed by atoms with Gasteiger partial charge in [-0.3, -0.25) is 0 Å². The van der Waals surface area contributed by atoms with Crippen molar-refractivity contribution in [1.82, 2.24) is 9.97 Å². The van der Waals surface area contributed by atoms with E-state index in [9.17, 15) is 4.39 Å². The monoisotopic (exact) mass is 308 g/mol. The minimum Gasteiger partial charge on any atom is -0.236 e. The number of aromatic nitrogens is 2. The van der Waals surface area contributed by atoms with Gasteiger partial charge in [-0.15, -0.1) is 0 Å². The van der Waals surface area contributed by atoms with Crippen LogP contribution in [0.2, 0.25) is 0 Å². The number of hydrogen-bond donors (Lipinski definition) is 0. The molecule has 0 aliphatic rings. The van der Waals surface area contributed by atoms with Gasteiger partial charge in [0.05, 0.1) is 11.2 Å². The zero-order valence-electron chi connectivity index (χ0n) is 14.0. The van der Waals surface area contributed by atoms with Gasteiger partial charge in [-0.2, -0.15) is 0 Å². The summed E-state index contributed by atoms with van der Waals surface area (Å²) in [5.74, 6) is 0.461. The second-order valence-corrected chi connectivity index (χ2v) is 6.60. The molecule has 1 aromatic heterocycles. The van der Waals surface area contributed by atoms with Gasteiger partial charge in [0.25, 0.3) is 0 Å². The summed E-state index contributed by atoms with van der Waals surface area (Å²) in [6, 6.07) is 10.1. The fourth-order valence-electron chi connectivity index (χ4n) is 3.01. The number of nitrogens with zero attached hydrogens (tertiary/aromatic N) is 2. The highest BCUT2D eigenvalue weighted by Gasteiger charge is 2.11. The fraction of sp³-hybridized carbons (Fsp3) is 0.300.